The molecule has 1 aromatic carbocycles. The molecule has 0 bridgehead atoms. The van der Waals surface area contributed by atoms with Crippen molar-refractivity contribution in [2.75, 3.05) is 24.6 Å². The largest absolute Gasteiger partial charge is 0.493 e. The zero-order valence-electron chi connectivity index (χ0n) is 19.2. The van der Waals surface area contributed by atoms with Crippen molar-refractivity contribution in [1.82, 2.24) is 19.9 Å². The van der Waals surface area contributed by atoms with E-state index in [1.54, 1.807) is 6.20 Å². The van der Waals surface area contributed by atoms with Crippen LogP contribution in [0.3, 0.4) is 0 Å². The molecule has 1 saturated heterocycles. The third-order valence-electron chi connectivity index (χ3n) is 6.15. The molecule has 0 saturated carbocycles. The van der Waals surface area contributed by atoms with E-state index in [2.05, 4.69) is 19.9 Å². The van der Waals surface area contributed by atoms with Gasteiger partial charge in [0.1, 0.15) is 23.2 Å². The molecule has 1 N–H and O–H groups in total. The third kappa shape index (κ3) is 6.07. The van der Waals surface area contributed by atoms with Gasteiger partial charge < -0.3 is 14.6 Å². The van der Waals surface area contributed by atoms with E-state index in [-0.39, 0.29) is 17.1 Å². The van der Waals surface area contributed by atoms with E-state index in [1.165, 1.54) is 0 Å². The number of nitrogens with one attached hydrogen (secondary N) is 1. The number of piperidine rings is 1. The van der Waals surface area contributed by atoms with Gasteiger partial charge in [-0.05, 0) is 38.0 Å². The predicted octanol–water partition coefficient (Wildman–Crippen LogP) is 5.80. The lowest BCUT2D eigenvalue weighted by atomic mass is 9.92. The third-order valence-corrected chi connectivity index (χ3v) is 6.15. The molecule has 1 fully saturated rings. The molecule has 0 radical (unpaired) electrons. The fourth-order valence-corrected chi connectivity index (χ4v) is 4.14. The second-order valence-corrected chi connectivity index (χ2v) is 8.56. The Morgan fingerprint density at radius 3 is 2.26 bits per heavy atom. The molecule has 1 aliphatic rings. The Kier molecular flexibility index (Phi) is 7.51. The van der Waals surface area contributed by atoms with Gasteiger partial charge in [0.05, 0.1) is 17.7 Å². The zero-order chi connectivity index (χ0) is 25.0. The van der Waals surface area contributed by atoms with Crippen LogP contribution in [0.5, 0.6) is 5.75 Å². The summed E-state index contributed by atoms with van der Waals surface area (Å²) in [7, 11) is 0. The monoisotopic (exact) mass is 495 g/mol. The van der Waals surface area contributed by atoms with Gasteiger partial charge in [0.2, 0.25) is 5.95 Å². The first-order valence-electron chi connectivity index (χ1n) is 11.5. The van der Waals surface area contributed by atoms with E-state index in [4.69, 9.17) is 4.74 Å². The molecule has 4 rings (SSSR count). The Labute approximate surface area is 199 Å². The lowest BCUT2D eigenvalue weighted by molar-refractivity contribution is -0.138. The highest BCUT2D eigenvalue weighted by molar-refractivity contribution is 5.58. The quantitative estimate of drug-likeness (QED) is 0.316. The number of aryl methyl sites for hydroxylation is 1. The number of anilines is 1. The van der Waals surface area contributed by atoms with Gasteiger partial charge in [-0.15, -0.1) is 0 Å². The number of nitrogens with zero attached hydrogens (tertiary/aromatic N) is 4. The summed E-state index contributed by atoms with van der Waals surface area (Å²) in [4.78, 5) is 16.5. The summed E-state index contributed by atoms with van der Waals surface area (Å²) in [6, 6.07) is 2.32. The minimum absolute atomic E-state index is 0.125. The molecule has 0 spiro atoms. The van der Waals surface area contributed by atoms with E-state index in [0.29, 0.717) is 44.4 Å². The average Bonchev–Trinajstić information content (AvgIpc) is 3.30. The van der Waals surface area contributed by atoms with Crippen LogP contribution in [0.1, 0.15) is 43.9 Å². The molecular weight excluding hydrogens is 469 g/mol. The number of halogens is 5. The first-order chi connectivity index (χ1) is 16.7. The molecular formula is C24H26F5N5O. The minimum atomic E-state index is -4.45. The van der Waals surface area contributed by atoms with Crippen LogP contribution in [0.2, 0.25) is 0 Å². The van der Waals surface area contributed by atoms with Crippen molar-refractivity contribution < 1.29 is 26.7 Å². The van der Waals surface area contributed by atoms with Crippen LogP contribution >= 0.6 is 0 Å². The van der Waals surface area contributed by atoms with Crippen molar-refractivity contribution in [3.63, 3.8) is 0 Å². The molecule has 0 aliphatic carbocycles. The smallest absolute Gasteiger partial charge is 0.419 e. The second-order valence-electron chi connectivity index (χ2n) is 8.56. The topological polar surface area (TPSA) is 66.9 Å². The van der Waals surface area contributed by atoms with Crippen molar-refractivity contribution in [3.05, 3.63) is 53.6 Å². The molecule has 188 valence electrons. The Bertz CT molecular complexity index is 1100. The number of imidazole rings is 1. The summed E-state index contributed by atoms with van der Waals surface area (Å²) in [5.74, 6) is -0.485. The summed E-state index contributed by atoms with van der Waals surface area (Å²) in [5, 5.41) is 0. The average molecular weight is 495 g/mol. The number of ether oxygens (including phenoxy) is 1. The zero-order valence-corrected chi connectivity index (χ0v) is 19.2. The Balaban J connectivity index is 1.22. The summed E-state index contributed by atoms with van der Waals surface area (Å²) in [6.45, 7) is 3.54. The predicted molar refractivity (Wildman–Crippen MR) is 120 cm³/mol. The van der Waals surface area contributed by atoms with Crippen molar-refractivity contribution in [2.45, 2.75) is 45.2 Å². The van der Waals surface area contributed by atoms with Gasteiger partial charge in [-0.1, -0.05) is 6.92 Å². The van der Waals surface area contributed by atoms with Crippen molar-refractivity contribution in [1.29, 1.82) is 0 Å². The molecule has 3 aromatic rings. The van der Waals surface area contributed by atoms with E-state index >= 15 is 0 Å². The van der Waals surface area contributed by atoms with Gasteiger partial charge in [0, 0.05) is 49.5 Å². The minimum Gasteiger partial charge on any atom is -0.493 e. The van der Waals surface area contributed by atoms with Crippen LogP contribution in [0.15, 0.2) is 30.7 Å². The van der Waals surface area contributed by atoms with Crippen molar-refractivity contribution >= 4 is 5.95 Å². The van der Waals surface area contributed by atoms with Crippen LogP contribution in [0, 0.1) is 17.6 Å². The first-order valence-corrected chi connectivity index (χ1v) is 11.5. The van der Waals surface area contributed by atoms with Crippen LogP contribution in [0.4, 0.5) is 27.9 Å². The fourth-order valence-electron chi connectivity index (χ4n) is 4.14. The van der Waals surface area contributed by atoms with Gasteiger partial charge in [-0.2, -0.15) is 13.2 Å². The standard InChI is InChI=1S/C24H26F5N5O/c1-2-17-14-30-22(33-17)21-19(25)10-18(11-20(21)26)35-9-3-4-15-5-7-34(8-6-15)23-31-12-16(13-32-23)24(27,28)29/h10-15H,2-9H2,1H3,(H,30,33). The highest BCUT2D eigenvalue weighted by atomic mass is 19.4. The number of hydrogen-bond acceptors (Lipinski definition) is 5. The fraction of sp³-hybridized carbons (Fsp3) is 0.458. The van der Waals surface area contributed by atoms with Crippen molar-refractivity contribution in [3.8, 4) is 17.1 Å². The summed E-state index contributed by atoms with van der Waals surface area (Å²) >= 11 is 0. The van der Waals surface area contributed by atoms with Crippen LogP contribution in [0.25, 0.3) is 11.4 Å². The molecule has 6 nitrogen and oxygen atoms in total. The van der Waals surface area contributed by atoms with E-state index < -0.39 is 23.4 Å². The lowest BCUT2D eigenvalue weighted by Gasteiger charge is -2.32. The molecule has 0 atom stereocenters. The molecule has 3 heterocycles. The number of benzene rings is 1. The molecule has 2 aromatic heterocycles. The maximum Gasteiger partial charge on any atom is 0.419 e. The van der Waals surface area contributed by atoms with Crippen molar-refractivity contribution in [2.24, 2.45) is 5.92 Å². The molecule has 1 aliphatic heterocycles. The summed E-state index contributed by atoms with van der Waals surface area (Å²) in [5.41, 5.74) is -0.283. The summed E-state index contributed by atoms with van der Waals surface area (Å²) in [6.07, 6.45) is 2.68. The van der Waals surface area contributed by atoms with Gasteiger partial charge in [0.15, 0.2) is 0 Å². The number of rotatable bonds is 8. The molecule has 11 heteroatoms. The van der Waals surface area contributed by atoms with Gasteiger partial charge in [-0.25, -0.2) is 23.7 Å². The normalized spacial score (nSPS) is 15.0. The van der Waals surface area contributed by atoms with E-state index in [1.807, 2.05) is 11.8 Å². The van der Waals surface area contributed by atoms with Crippen LogP contribution < -0.4 is 9.64 Å². The van der Waals surface area contributed by atoms with Crippen LogP contribution in [-0.2, 0) is 12.6 Å². The Hall–Kier alpha value is -3.24. The Morgan fingerprint density at radius 2 is 1.69 bits per heavy atom. The Morgan fingerprint density at radius 1 is 1.03 bits per heavy atom. The maximum atomic E-state index is 14.5. The number of aromatic amines is 1. The number of H-pyrrole nitrogens is 1. The number of hydrogen-bond donors (Lipinski definition) is 1. The van der Waals surface area contributed by atoms with E-state index in [0.717, 1.165) is 49.5 Å². The second kappa shape index (κ2) is 10.6. The molecule has 0 unspecified atom stereocenters. The first kappa shape index (κ1) is 24.9. The van der Waals surface area contributed by atoms with Gasteiger partial charge in [0.25, 0.3) is 0 Å². The van der Waals surface area contributed by atoms with Gasteiger partial charge >= 0.3 is 6.18 Å². The highest BCUT2D eigenvalue weighted by Crippen LogP contribution is 2.30. The lowest BCUT2D eigenvalue weighted by Crippen LogP contribution is -2.35. The number of alkyl halides is 3. The van der Waals surface area contributed by atoms with Crippen LogP contribution in [-0.4, -0.2) is 39.6 Å². The number of aromatic nitrogens is 4. The van der Waals surface area contributed by atoms with Gasteiger partial charge in [-0.3, -0.25) is 0 Å². The highest BCUT2D eigenvalue weighted by Gasteiger charge is 2.32. The SMILES string of the molecule is CCc1cnc(-c2c(F)cc(OCCCC3CCN(c4ncc(C(F)(F)F)cn4)CC3)cc2F)[nH]1. The summed E-state index contributed by atoms with van der Waals surface area (Å²) < 4.78 is 72.6. The molecule has 35 heavy (non-hydrogen) atoms. The maximum absolute atomic E-state index is 14.5. The molecule has 0 amide bonds. The van der Waals surface area contributed by atoms with E-state index in [9.17, 15) is 22.0 Å².